The van der Waals surface area contributed by atoms with Gasteiger partial charge in [0.25, 0.3) is 5.89 Å². The SMILES string of the molecule is CC(O)c1ccc(-c2noc(-c3[nH]ncc3C(F)(F)F)n2)s1. The van der Waals surface area contributed by atoms with Crippen LogP contribution in [0.5, 0.6) is 0 Å². The topological polar surface area (TPSA) is 87.8 Å². The van der Waals surface area contributed by atoms with Crippen molar-refractivity contribution in [2.75, 3.05) is 0 Å². The molecule has 0 aromatic carbocycles. The summed E-state index contributed by atoms with van der Waals surface area (Å²) in [5.74, 6) is -0.151. The first-order valence-electron chi connectivity index (χ1n) is 6.09. The van der Waals surface area contributed by atoms with Crippen molar-refractivity contribution in [3.8, 4) is 22.3 Å². The Morgan fingerprint density at radius 2 is 2.14 bits per heavy atom. The number of halogens is 3. The normalized spacial score (nSPS) is 13.5. The van der Waals surface area contributed by atoms with Gasteiger partial charge in [-0.2, -0.15) is 23.3 Å². The maximum Gasteiger partial charge on any atom is 0.420 e. The second-order valence-electron chi connectivity index (χ2n) is 4.46. The third-order valence-corrected chi connectivity index (χ3v) is 4.10. The Kier molecular flexibility index (Phi) is 3.49. The predicted octanol–water partition coefficient (Wildman–Crippen LogP) is 3.26. The van der Waals surface area contributed by atoms with E-state index in [2.05, 4.69) is 20.3 Å². The number of hydrogen-bond donors (Lipinski definition) is 2. The number of aliphatic hydroxyl groups excluding tert-OH is 1. The predicted molar refractivity (Wildman–Crippen MR) is 70.8 cm³/mol. The van der Waals surface area contributed by atoms with Crippen LogP contribution in [0.1, 0.15) is 23.5 Å². The van der Waals surface area contributed by atoms with Gasteiger partial charge in [-0.3, -0.25) is 5.10 Å². The highest BCUT2D eigenvalue weighted by atomic mass is 32.1. The zero-order valence-corrected chi connectivity index (χ0v) is 11.9. The summed E-state index contributed by atoms with van der Waals surface area (Å²) in [6.45, 7) is 1.61. The van der Waals surface area contributed by atoms with Crippen LogP contribution < -0.4 is 0 Å². The molecular weight excluding hydrogens is 321 g/mol. The van der Waals surface area contributed by atoms with Crippen LogP contribution in [-0.2, 0) is 6.18 Å². The van der Waals surface area contributed by atoms with E-state index in [0.29, 0.717) is 16.0 Å². The molecule has 0 aliphatic heterocycles. The van der Waals surface area contributed by atoms with E-state index in [0.717, 1.165) is 0 Å². The summed E-state index contributed by atoms with van der Waals surface area (Å²) >= 11 is 1.23. The largest absolute Gasteiger partial charge is 0.420 e. The number of aliphatic hydroxyl groups is 1. The van der Waals surface area contributed by atoms with Gasteiger partial charge in [0.15, 0.2) is 0 Å². The van der Waals surface area contributed by atoms with Gasteiger partial charge in [-0.1, -0.05) is 5.16 Å². The second-order valence-corrected chi connectivity index (χ2v) is 5.57. The monoisotopic (exact) mass is 330 g/mol. The van der Waals surface area contributed by atoms with E-state index >= 15 is 0 Å². The third kappa shape index (κ3) is 2.62. The lowest BCUT2D eigenvalue weighted by Gasteiger charge is -2.03. The molecule has 0 saturated carbocycles. The van der Waals surface area contributed by atoms with E-state index in [9.17, 15) is 18.3 Å². The van der Waals surface area contributed by atoms with Gasteiger partial charge >= 0.3 is 6.18 Å². The molecule has 6 nitrogen and oxygen atoms in total. The molecule has 3 aromatic heterocycles. The van der Waals surface area contributed by atoms with Crippen LogP contribution in [0.15, 0.2) is 22.9 Å². The van der Waals surface area contributed by atoms with E-state index in [1.54, 1.807) is 19.1 Å². The average molecular weight is 330 g/mol. The van der Waals surface area contributed by atoms with Gasteiger partial charge in [-0.15, -0.1) is 11.3 Å². The first-order valence-corrected chi connectivity index (χ1v) is 6.90. The van der Waals surface area contributed by atoms with Crippen LogP contribution in [0, 0.1) is 0 Å². The van der Waals surface area contributed by atoms with E-state index in [4.69, 9.17) is 4.52 Å². The summed E-state index contributed by atoms with van der Waals surface area (Å²) in [6.07, 6.45) is -4.55. The summed E-state index contributed by atoms with van der Waals surface area (Å²) in [5, 5.41) is 18.7. The van der Waals surface area contributed by atoms with Gasteiger partial charge < -0.3 is 9.63 Å². The van der Waals surface area contributed by atoms with Gasteiger partial charge in [-0.25, -0.2) is 0 Å². The Bertz CT molecular complexity index is 790. The van der Waals surface area contributed by atoms with Crippen molar-refractivity contribution in [3.05, 3.63) is 28.8 Å². The summed E-state index contributed by atoms with van der Waals surface area (Å²) in [7, 11) is 0. The Morgan fingerprint density at radius 3 is 2.77 bits per heavy atom. The van der Waals surface area contributed by atoms with Crippen molar-refractivity contribution in [2.24, 2.45) is 0 Å². The maximum atomic E-state index is 12.8. The zero-order valence-electron chi connectivity index (χ0n) is 11.0. The molecule has 0 bridgehead atoms. The molecule has 0 radical (unpaired) electrons. The van der Waals surface area contributed by atoms with Crippen LogP contribution in [-0.4, -0.2) is 25.4 Å². The molecule has 3 aromatic rings. The molecule has 0 aliphatic carbocycles. The van der Waals surface area contributed by atoms with Crippen molar-refractivity contribution < 1.29 is 22.8 Å². The molecule has 0 aliphatic rings. The van der Waals surface area contributed by atoms with Gasteiger partial charge in [-0.05, 0) is 19.1 Å². The fourth-order valence-electron chi connectivity index (χ4n) is 1.79. The second kappa shape index (κ2) is 5.21. The number of aromatic amines is 1. The van der Waals surface area contributed by atoms with Crippen molar-refractivity contribution in [3.63, 3.8) is 0 Å². The van der Waals surface area contributed by atoms with Crippen LogP contribution in [0.3, 0.4) is 0 Å². The van der Waals surface area contributed by atoms with Crippen LogP contribution in [0.4, 0.5) is 13.2 Å². The van der Waals surface area contributed by atoms with Crippen molar-refractivity contribution >= 4 is 11.3 Å². The van der Waals surface area contributed by atoms with E-state index in [1.165, 1.54) is 11.3 Å². The number of aromatic nitrogens is 4. The standard InChI is InChI=1S/C12H9F3N4O2S/c1-5(20)7-2-3-8(22-7)10-17-11(21-19-10)9-6(4-16-18-9)12(13,14)15/h2-5,20H,1H3,(H,16,18). The summed E-state index contributed by atoms with van der Waals surface area (Å²) < 4.78 is 43.3. The van der Waals surface area contributed by atoms with E-state index in [1.807, 2.05) is 0 Å². The van der Waals surface area contributed by atoms with Crippen LogP contribution in [0.25, 0.3) is 22.3 Å². The lowest BCUT2D eigenvalue weighted by molar-refractivity contribution is -0.137. The Balaban J connectivity index is 1.96. The number of H-pyrrole nitrogens is 1. The maximum absolute atomic E-state index is 12.8. The molecule has 22 heavy (non-hydrogen) atoms. The number of thiophene rings is 1. The highest BCUT2D eigenvalue weighted by molar-refractivity contribution is 7.15. The molecule has 3 heterocycles. The number of nitrogens with one attached hydrogen (secondary N) is 1. The van der Waals surface area contributed by atoms with E-state index in [-0.39, 0.29) is 17.4 Å². The Morgan fingerprint density at radius 1 is 1.36 bits per heavy atom. The fourth-order valence-corrected chi connectivity index (χ4v) is 2.66. The van der Waals surface area contributed by atoms with Gasteiger partial charge in [0, 0.05) is 4.88 Å². The molecular formula is C12H9F3N4O2S. The Hall–Kier alpha value is -2.20. The minimum absolute atomic E-state index is 0.148. The molecule has 0 amide bonds. The molecule has 1 atom stereocenters. The quantitative estimate of drug-likeness (QED) is 0.769. The number of hydrogen-bond acceptors (Lipinski definition) is 6. The Labute approximate surface area is 125 Å². The van der Waals surface area contributed by atoms with Gasteiger partial charge in [0.2, 0.25) is 5.82 Å². The summed E-state index contributed by atoms with van der Waals surface area (Å²) in [6, 6.07) is 3.36. The van der Waals surface area contributed by atoms with E-state index < -0.39 is 17.8 Å². The van der Waals surface area contributed by atoms with Crippen LogP contribution in [0.2, 0.25) is 0 Å². The smallest absolute Gasteiger partial charge is 0.388 e. The minimum atomic E-state index is -4.57. The van der Waals surface area contributed by atoms with Gasteiger partial charge in [0.1, 0.15) is 11.3 Å². The van der Waals surface area contributed by atoms with Crippen molar-refractivity contribution in [2.45, 2.75) is 19.2 Å². The molecule has 0 saturated heterocycles. The first-order chi connectivity index (χ1) is 10.4. The third-order valence-electron chi connectivity index (χ3n) is 2.84. The van der Waals surface area contributed by atoms with Crippen molar-refractivity contribution in [1.82, 2.24) is 20.3 Å². The first kappa shape index (κ1) is 14.7. The molecule has 2 N–H and O–H groups in total. The highest BCUT2D eigenvalue weighted by Crippen LogP contribution is 2.36. The number of nitrogens with zero attached hydrogens (tertiary/aromatic N) is 3. The summed E-state index contributed by atoms with van der Waals surface area (Å²) in [4.78, 5) is 5.23. The van der Waals surface area contributed by atoms with Gasteiger partial charge in [0.05, 0.1) is 17.2 Å². The highest BCUT2D eigenvalue weighted by Gasteiger charge is 2.37. The molecule has 0 spiro atoms. The number of alkyl halides is 3. The van der Waals surface area contributed by atoms with Crippen molar-refractivity contribution in [1.29, 1.82) is 0 Å². The fraction of sp³-hybridized carbons (Fsp3) is 0.250. The lowest BCUT2D eigenvalue weighted by atomic mass is 10.2. The van der Waals surface area contributed by atoms with Crippen LogP contribution >= 0.6 is 11.3 Å². The lowest BCUT2D eigenvalue weighted by Crippen LogP contribution is -2.05. The molecule has 10 heteroatoms. The average Bonchev–Trinajstić information content (AvgIpc) is 3.17. The molecule has 0 fully saturated rings. The summed E-state index contributed by atoms with van der Waals surface area (Å²) in [5.41, 5.74) is -1.35. The number of rotatable bonds is 3. The molecule has 1 unspecified atom stereocenters. The molecule has 116 valence electrons. The zero-order chi connectivity index (χ0) is 15.9. The minimum Gasteiger partial charge on any atom is -0.388 e. The molecule has 3 rings (SSSR count).